The molecule has 1 atom stereocenters. The van der Waals surface area contributed by atoms with Gasteiger partial charge in [-0.2, -0.15) is 0 Å². The second-order valence-corrected chi connectivity index (χ2v) is 7.23. The number of esters is 2. The van der Waals surface area contributed by atoms with Crippen LogP contribution in [0.1, 0.15) is 70.4 Å². The Labute approximate surface area is 144 Å². The van der Waals surface area contributed by atoms with Crippen molar-refractivity contribution in [3.05, 3.63) is 35.4 Å². The average molecular weight is 332 g/mol. The van der Waals surface area contributed by atoms with Gasteiger partial charge in [-0.25, -0.2) is 0 Å². The minimum Gasteiger partial charge on any atom is -0.423 e. The third-order valence-corrected chi connectivity index (χ3v) is 4.57. The van der Waals surface area contributed by atoms with E-state index in [2.05, 4.69) is 12.1 Å². The van der Waals surface area contributed by atoms with Crippen LogP contribution in [0.3, 0.4) is 0 Å². The number of carbonyl (C=O) groups is 2. The van der Waals surface area contributed by atoms with Gasteiger partial charge in [0.2, 0.25) is 0 Å². The summed E-state index contributed by atoms with van der Waals surface area (Å²) in [5.41, 5.74) is 2.24. The highest BCUT2D eigenvalue weighted by molar-refractivity contribution is 5.78. The maximum atomic E-state index is 12.3. The summed E-state index contributed by atoms with van der Waals surface area (Å²) >= 11 is 0. The topological polar surface area (TPSA) is 52.6 Å². The standard InChI is InChI=1S/C20H28O4/c1-14(19(22)24-20(3,4)23-15(2)21)18-11-9-17(10-12-18)13-16-7-5-6-8-16/h9-12,14,16H,5-8,13H2,1-4H3. The van der Waals surface area contributed by atoms with Gasteiger partial charge >= 0.3 is 11.9 Å². The average Bonchev–Trinajstić information content (AvgIpc) is 2.98. The molecule has 132 valence electrons. The fraction of sp³-hybridized carbons (Fsp3) is 0.600. The zero-order chi connectivity index (χ0) is 17.7. The van der Waals surface area contributed by atoms with E-state index in [1.807, 2.05) is 12.1 Å². The third kappa shape index (κ3) is 5.36. The Bertz CT molecular complexity index is 568. The van der Waals surface area contributed by atoms with Crippen molar-refractivity contribution in [2.75, 3.05) is 0 Å². The molecule has 1 aliphatic rings. The highest BCUT2D eigenvalue weighted by Gasteiger charge is 2.29. The number of rotatable bonds is 6. The molecule has 0 heterocycles. The lowest BCUT2D eigenvalue weighted by atomic mass is 9.95. The van der Waals surface area contributed by atoms with E-state index in [1.165, 1.54) is 38.2 Å². The Morgan fingerprint density at radius 3 is 2.25 bits per heavy atom. The van der Waals surface area contributed by atoms with Gasteiger partial charge in [-0.15, -0.1) is 0 Å². The molecular formula is C20H28O4. The zero-order valence-electron chi connectivity index (χ0n) is 15.1. The normalized spacial score (nSPS) is 16.7. The monoisotopic (exact) mass is 332 g/mol. The molecule has 1 fully saturated rings. The van der Waals surface area contributed by atoms with Gasteiger partial charge in [0.25, 0.3) is 5.79 Å². The highest BCUT2D eigenvalue weighted by atomic mass is 16.7. The number of hydrogen-bond acceptors (Lipinski definition) is 4. The molecule has 1 saturated carbocycles. The van der Waals surface area contributed by atoms with Gasteiger partial charge in [0.15, 0.2) is 0 Å². The van der Waals surface area contributed by atoms with Crippen molar-refractivity contribution in [1.82, 2.24) is 0 Å². The summed E-state index contributed by atoms with van der Waals surface area (Å²) < 4.78 is 10.3. The van der Waals surface area contributed by atoms with Crippen LogP contribution >= 0.6 is 0 Å². The quantitative estimate of drug-likeness (QED) is 0.573. The van der Waals surface area contributed by atoms with Crippen LogP contribution in [-0.2, 0) is 25.5 Å². The zero-order valence-corrected chi connectivity index (χ0v) is 15.1. The van der Waals surface area contributed by atoms with Gasteiger partial charge in [-0.3, -0.25) is 9.59 Å². The van der Waals surface area contributed by atoms with Crippen LogP contribution in [0.4, 0.5) is 0 Å². The maximum absolute atomic E-state index is 12.3. The van der Waals surface area contributed by atoms with E-state index in [1.54, 1.807) is 20.8 Å². The molecule has 0 aromatic heterocycles. The molecule has 4 heteroatoms. The Hall–Kier alpha value is -1.84. The summed E-state index contributed by atoms with van der Waals surface area (Å²) in [6.45, 7) is 6.22. The van der Waals surface area contributed by atoms with Crippen LogP contribution in [0.5, 0.6) is 0 Å². The first kappa shape index (κ1) is 18.5. The lowest BCUT2D eigenvalue weighted by Crippen LogP contribution is -2.34. The summed E-state index contributed by atoms with van der Waals surface area (Å²) in [4.78, 5) is 23.3. The summed E-state index contributed by atoms with van der Waals surface area (Å²) in [6.07, 6.45) is 6.48. The van der Waals surface area contributed by atoms with Crippen molar-refractivity contribution in [3.8, 4) is 0 Å². The Kier molecular flexibility index (Phi) is 6.03. The Morgan fingerprint density at radius 2 is 1.71 bits per heavy atom. The first-order valence-corrected chi connectivity index (χ1v) is 8.78. The van der Waals surface area contributed by atoms with Crippen LogP contribution in [0.15, 0.2) is 24.3 Å². The summed E-state index contributed by atoms with van der Waals surface area (Å²) in [5, 5.41) is 0. The van der Waals surface area contributed by atoms with Crippen LogP contribution in [0, 0.1) is 5.92 Å². The van der Waals surface area contributed by atoms with E-state index in [4.69, 9.17) is 9.47 Å². The minimum atomic E-state index is -1.25. The second kappa shape index (κ2) is 7.82. The molecule has 1 aromatic carbocycles. The summed E-state index contributed by atoms with van der Waals surface area (Å²) in [6, 6.07) is 8.20. The first-order chi connectivity index (χ1) is 11.3. The number of ether oxygens (including phenoxy) is 2. The molecule has 0 spiro atoms. The predicted molar refractivity (Wildman–Crippen MR) is 92.5 cm³/mol. The van der Waals surface area contributed by atoms with Crippen molar-refractivity contribution < 1.29 is 19.1 Å². The molecule has 1 unspecified atom stereocenters. The van der Waals surface area contributed by atoms with E-state index in [0.29, 0.717) is 0 Å². The summed E-state index contributed by atoms with van der Waals surface area (Å²) in [7, 11) is 0. The van der Waals surface area contributed by atoms with Crippen LogP contribution in [0.2, 0.25) is 0 Å². The third-order valence-electron chi connectivity index (χ3n) is 4.57. The van der Waals surface area contributed by atoms with Gasteiger partial charge in [0, 0.05) is 20.8 Å². The predicted octanol–water partition coefficient (Wildman–Crippen LogP) is 4.37. The SMILES string of the molecule is CC(=O)OC(C)(C)OC(=O)C(C)c1ccc(CC2CCCC2)cc1. The first-order valence-electron chi connectivity index (χ1n) is 8.78. The van der Waals surface area contributed by atoms with Crippen molar-refractivity contribution in [3.63, 3.8) is 0 Å². The largest absolute Gasteiger partial charge is 0.423 e. The molecule has 4 nitrogen and oxygen atoms in total. The molecule has 1 aliphatic carbocycles. The van der Waals surface area contributed by atoms with Gasteiger partial charge in [-0.1, -0.05) is 49.9 Å². The highest BCUT2D eigenvalue weighted by Crippen LogP contribution is 2.29. The number of carbonyl (C=O) groups excluding carboxylic acids is 2. The number of hydrogen-bond donors (Lipinski definition) is 0. The van der Waals surface area contributed by atoms with E-state index in [9.17, 15) is 9.59 Å². The van der Waals surface area contributed by atoms with Gasteiger partial charge < -0.3 is 9.47 Å². The molecule has 0 saturated heterocycles. The smallest absolute Gasteiger partial charge is 0.316 e. The molecular weight excluding hydrogens is 304 g/mol. The fourth-order valence-corrected chi connectivity index (χ4v) is 3.32. The van der Waals surface area contributed by atoms with Gasteiger partial charge in [-0.05, 0) is 30.4 Å². The van der Waals surface area contributed by atoms with Crippen molar-refractivity contribution in [1.29, 1.82) is 0 Å². The van der Waals surface area contributed by atoms with E-state index >= 15 is 0 Å². The molecule has 1 aromatic rings. The molecule has 0 aliphatic heterocycles. The molecule has 24 heavy (non-hydrogen) atoms. The van der Waals surface area contributed by atoms with Gasteiger partial charge in [0.05, 0.1) is 5.92 Å². The maximum Gasteiger partial charge on any atom is 0.316 e. The second-order valence-electron chi connectivity index (χ2n) is 7.23. The van der Waals surface area contributed by atoms with E-state index in [0.717, 1.165) is 17.9 Å². The molecule has 0 N–H and O–H groups in total. The lowest BCUT2D eigenvalue weighted by Gasteiger charge is -2.26. The van der Waals surface area contributed by atoms with Crippen LogP contribution in [0.25, 0.3) is 0 Å². The fourth-order valence-electron chi connectivity index (χ4n) is 3.32. The lowest BCUT2D eigenvalue weighted by molar-refractivity contribution is -0.215. The van der Waals surface area contributed by atoms with Gasteiger partial charge in [0.1, 0.15) is 0 Å². The van der Waals surface area contributed by atoms with Crippen LogP contribution in [-0.4, -0.2) is 17.7 Å². The summed E-state index contributed by atoms with van der Waals surface area (Å²) in [5.74, 6) is -1.72. The minimum absolute atomic E-state index is 0.398. The van der Waals surface area contributed by atoms with E-state index in [-0.39, 0.29) is 0 Å². The van der Waals surface area contributed by atoms with Crippen LogP contribution < -0.4 is 0 Å². The Morgan fingerprint density at radius 1 is 1.12 bits per heavy atom. The van der Waals surface area contributed by atoms with Crippen molar-refractivity contribution in [2.24, 2.45) is 5.92 Å². The molecule has 2 rings (SSSR count). The van der Waals surface area contributed by atoms with Crippen molar-refractivity contribution >= 4 is 11.9 Å². The molecule has 0 bridgehead atoms. The Balaban J connectivity index is 1.94. The van der Waals surface area contributed by atoms with Crippen molar-refractivity contribution in [2.45, 2.75) is 71.5 Å². The van der Waals surface area contributed by atoms with E-state index < -0.39 is 23.6 Å². The molecule has 0 radical (unpaired) electrons. The number of benzene rings is 1. The molecule has 0 amide bonds.